The molecule has 0 saturated carbocycles. The zero-order valence-electron chi connectivity index (χ0n) is 20.8. The Morgan fingerprint density at radius 2 is 1.89 bits per heavy atom. The molecule has 0 saturated heterocycles. The minimum absolute atomic E-state index is 0.0938. The molecule has 0 fully saturated rings. The molecule has 2 N–H and O–H groups in total. The number of rotatable bonds is 9. The lowest BCUT2D eigenvalue weighted by molar-refractivity contribution is 0.0781. The minimum atomic E-state index is -5.21. The van der Waals surface area contributed by atoms with Gasteiger partial charge in [-0.15, -0.1) is 0 Å². The molecular formula is C23H24ClFN5O6PS. The van der Waals surface area contributed by atoms with Crippen LogP contribution in [-0.4, -0.2) is 63.2 Å². The first-order valence-electron chi connectivity index (χ1n) is 11.1. The molecule has 0 bridgehead atoms. The van der Waals surface area contributed by atoms with E-state index in [2.05, 4.69) is 24.8 Å². The topological polar surface area (TPSA) is 132 Å². The van der Waals surface area contributed by atoms with E-state index in [1.807, 2.05) is 19.4 Å². The number of nitrogens with one attached hydrogen (secondary N) is 2. The molecule has 1 amide bonds. The van der Waals surface area contributed by atoms with Gasteiger partial charge < -0.3 is 29.0 Å². The summed E-state index contributed by atoms with van der Waals surface area (Å²) in [6.45, 7) is 4.27. The van der Waals surface area contributed by atoms with Crippen LogP contribution in [-0.2, 0) is 16.9 Å². The van der Waals surface area contributed by atoms with E-state index in [9.17, 15) is 17.1 Å². The van der Waals surface area contributed by atoms with Crippen molar-refractivity contribution >= 4 is 59.3 Å². The fourth-order valence-electron chi connectivity index (χ4n) is 3.70. The summed E-state index contributed by atoms with van der Waals surface area (Å²) in [7, 11) is -2.88. The molecule has 1 aliphatic rings. The van der Waals surface area contributed by atoms with Crippen molar-refractivity contribution in [2.45, 2.75) is 6.42 Å². The third-order valence-corrected chi connectivity index (χ3v) is 6.62. The summed E-state index contributed by atoms with van der Waals surface area (Å²) >= 11 is 6.33. The van der Waals surface area contributed by atoms with Gasteiger partial charge in [-0.2, -0.15) is 13.4 Å². The number of fused-ring (bicyclic) bond motifs is 1. The van der Waals surface area contributed by atoms with E-state index in [0.717, 1.165) is 5.56 Å². The molecule has 1 aliphatic heterocycles. The highest BCUT2D eigenvalue weighted by Gasteiger charge is 2.24. The number of ether oxygens (including phenoxy) is 1. The van der Waals surface area contributed by atoms with E-state index < -0.39 is 18.7 Å². The van der Waals surface area contributed by atoms with Gasteiger partial charge in [0.15, 0.2) is 5.82 Å². The Kier molecular flexibility index (Phi) is 8.10. The maximum atomic E-state index is 13.0. The third kappa shape index (κ3) is 6.53. The number of methoxy groups -OCH3 is 1. The van der Waals surface area contributed by atoms with Gasteiger partial charge in [0.2, 0.25) is 5.95 Å². The summed E-state index contributed by atoms with van der Waals surface area (Å²) in [5, 5.41) is 6.27. The molecule has 3 aromatic rings. The number of amides is 1. The van der Waals surface area contributed by atoms with Crippen LogP contribution in [0, 0.1) is 0 Å². The highest BCUT2D eigenvalue weighted by molar-refractivity contribution is 7.81. The number of hydrogen-bond donors (Lipinski definition) is 2. The lowest BCUT2D eigenvalue weighted by Gasteiger charge is -2.26. The Bertz CT molecular complexity index is 1490. The number of nitrogens with zero attached hydrogens (tertiary/aromatic N) is 3. The predicted molar refractivity (Wildman–Crippen MR) is 144 cm³/mol. The van der Waals surface area contributed by atoms with Crippen molar-refractivity contribution in [3.63, 3.8) is 0 Å². The fourth-order valence-corrected chi connectivity index (χ4v) is 4.71. The smallest absolute Gasteiger partial charge is 0.488 e. The SMILES string of the molecule is COc1cc2c(cc1Nc1ncc(Cl)c(Nc3ccc(OS(=O)(=O)F)cc3OP(C)C)n1)C(=O)N(C)CC2. The summed E-state index contributed by atoms with van der Waals surface area (Å²) in [5.74, 6) is 0.716. The Morgan fingerprint density at radius 1 is 1.13 bits per heavy atom. The molecule has 0 unspecified atom stereocenters. The monoisotopic (exact) mass is 583 g/mol. The predicted octanol–water partition coefficient (Wildman–Crippen LogP) is 4.88. The van der Waals surface area contributed by atoms with Crippen molar-refractivity contribution in [2.75, 3.05) is 44.7 Å². The first-order valence-corrected chi connectivity index (χ1v) is 14.9. The average Bonchev–Trinajstić information content (AvgIpc) is 2.83. The number of benzene rings is 2. The molecule has 2 aromatic carbocycles. The standard InChI is InChI=1S/C23H24ClFN5O6PS/c1-30-8-7-13-9-19(34-2)18(11-15(13)22(30)31)28-23-26-12-16(24)21(29-23)27-17-6-5-14(36-38(25,32)33)10-20(17)35-37(3)4/h5-6,9-12H,7-8H2,1-4H3,(H2,26,27,28,29). The molecule has 11 nitrogen and oxygen atoms in total. The summed E-state index contributed by atoms with van der Waals surface area (Å²) in [6, 6.07) is 7.44. The lowest BCUT2D eigenvalue weighted by atomic mass is 9.98. The van der Waals surface area contributed by atoms with Crippen LogP contribution < -0.4 is 24.1 Å². The van der Waals surface area contributed by atoms with Crippen molar-refractivity contribution in [1.82, 2.24) is 14.9 Å². The van der Waals surface area contributed by atoms with Gasteiger partial charge in [0.25, 0.3) is 5.91 Å². The van der Waals surface area contributed by atoms with Crippen LogP contribution >= 0.6 is 19.7 Å². The second-order valence-corrected chi connectivity index (χ2v) is 11.5. The quantitative estimate of drug-likeness (QED) is 0.265. The average molecular weight is 584 g/mol. The van der Waals surface area contributed by atoms with E-state index in [0.29, 0.717) is 35.7 Å². The van der Waals surface area contributed by atoms with Crippen molar-refractivity contribution < 1.29 is 30.5 Å². The van der Waals surface area contributed by atoms with E-state index >= 15 is 0 Å². The number of carbonyl (C=O) groups excluding carboxylic acids is 1. The Balaban J connectivity index is 1.65. The molecule has 15 heteroatoms. The van der Waals surface area contributed by atoms with E-state index in [1.54, 1.807) is 18.0 Å². The van der Waals surface area contributed by atoms with Gasteiger partial charge in [-0.05, 0) is 49.6 Å². The summed E-state index contributed by atoms with van der Waals surface area (Å²) in [4.78, 5) is 23.0. The molecule has 1 aromatic heterocycles. The first kappa shape index (κ1) is 27.6. The van der Waals surface area contributed by atoms with Crippen molar-refractivity contribution in [2.24, 2.45) is 0 Å². The normalized spacial score (nSPS) is 13.2. The Morgan fingerprint density at radius 3 is 2.58 bits per heavy atom. The molecule has 4 rings (SSSR count). The number of halogens is 2. The van der Waals surface area contributed by atoms with Crippen LogP contribution in [0.25, 0.3) is 0 Å². The second-order valence-electron chi connectivity index (χ2n) is 8.36. The van der Waals surface area contributed by atoms with Gasteiger partial charge in [0.05, 0.1) is 32.8 Å². The van der Waals surface area contributed by atoms with E-state index in [-0.39, 0.29) is 34.2 Å². The van der Waals surface area contributed by atoms with Gasteiger partial charge >= 0.3 is 10.5 Å². The van der Waals surface area contributed by atoms with Crippen molar-refractivity contribution in [3.05, 3.63) is 52.7 Å². The number of hydrogen-bond acceptors (Lipinski definition) is 10. The van der Waals surface area contributed by atoms with Gasteiger partial charge in [0.1, 0.15) is 22.3 Å². The zero-order valence-corrected chi connectivity index (χ0v) is 23.2. The number of carbonyl (C=O) groups is 1. The van der Waals surface area contributed by atoms with Crippen LogP contribution in [0.5, 0.6) is 17.2 Å². The lowest BCUT2D eigenvalue weighted by Crippen LogP contribution is -2.34. The van der Waals surface area contributed by atoms with Crippen LogP contribution in [0.15, 0.2) is 36.5 Å². The first-order chi connectivity index (χ1) is 17.9. The maximum absolute atomic E-state index is 13.0. The van der Waals surface area contributed by atoms with E-state index in [4.69, 9.17) is 20.9 Å². The molecular weight excluding hydrogens is 560 g/mol. The molecule has 0 radical (unpaired) electrons. The van der Waals surface area contributed by atoms with Gasteiger partial charge in [-0.25, -0.2) is 4.98 Å². The molecule has 0 atom stereocenters. The third-order valence-electron chi connectivity index (χ3n) is 5.39. The van der Waals surface area contributed by atoms with Crippen LogP contribution in [0.2, 0.25) is 5.02 Å². The molecule has 202 valence electrons. The molecule has 38 heavy (non-hydrogen) atoms. The van der Waals surface area contributed by atoms with E-state index in [1.165, 1.54) is 31.5 Å². The molecule has 0 spiro atoms. The fraction of sp³-hybridized carbons (Fsp3) is 0.261. The zero-order chi connectivity index (χ0) is 27.6. The summed E-state index contributed by atoms with van der Waals surface area (Å²) in [5.41, 5.74) is 2.31. The number of anilines is 4. The number of likely N-dealkylation sites (N-methyl/N-ethyl adjacent to an activating group) is 1. The van der Waals surface area contributed by atoms with Crippen LogP contribution in [0.3, 0.4) is 0 Å². The minimum Gasteiger partial charge on any atom is -0.495 e. The van der Waals surface area contributed by atoms with Gasteiger partial charge in [-0.1, -0.05) is 15.5 Å². The summed E-state index contributed by atoms with van der Waals surface area (Å²) < 4.78 is 50.4. The highest BCUT2D eigenvalue weighted by atomic mass is 35.5. The van der Waals surface area contributed by atoms with Gasteiger partial charge in [0, 0.05) is 25.2 Å². The van der Waals surface area contributed by atoms with Crippen molar-refractivity contribution in [3.8, 4) is 17.2 Å². The molecule has 2 heterocycles. The second kappa shape index (κ2) is 11.1. The Labute approximate surface area is 225 Å². The maximum Gasteiger partial charge on any atom is 0.488 e. The largest absolute Gasteiger partial charge is 0.495 e. The summed E-state index contributed by atoms with van der Waals surface area (Å²) in [6.07, 6.45) is 2.09. The highest BCUT2D eigenvalue weighted by Crippen LogP contribution is 2.40. The number of aromatic nitrogens is 2. The van der Waals surface area contributed by atoms with Crippen LogP contribution in [0.1, 0.15) is 15.9 Å². The molecule has 0 aliphatic carbocycles. The van der Waals surface area contributed by atoms with Crippen LogP contribution in [0.4, 0.5) is 27.0 Å². The Hall–Kier alpha value is -3.41. The van der Waals surface area contributed by atoms with Gasteiger partial charge in [-0.3, -0.25) is 4.79 Å². The van der Waals surface area contributed by atoms with Crippen molar-refractivity contribution in [1.29, 1.82) is 0 Å².